The first-order chi connectivity index (χ1) is 8.18. The molecule has 3 unspecified atom stereocenters. The second-order valence-corrected chi connectivity index (χ2v) is 5.42. The fraction of sp³-hybridized carbons (Fsp3) is 0.375. The standard InChI is InChI=1S/C16H19N/c1-10-7-8-12-5-3-4-6-13(12)15(10)16(17)14-9-11(14)2/h3-8,11,14,16H,9,17H2,1-2H3. The predicted octanol–water partition coefficient (Wildman–Crippen LogP) is 3.80. The van der Waals surface area contributed by atoms with E-state index in [1.807, 2.05) is 0 Å². The highest BCUT2D eigenvalue weighted by Gasteiger charge is 2.39. The van der Waals surface area contributed by atoms with Crippen LogP contribution in [0.2, 0.25) is 0 Å². The summed E-state index contributed by atoms with van der Waals surface area (Å²) in [5.74, 6) is 1.47. The quantitative estimate of drug-likeness (QED) is 0.826. The van der Waals surface area contributed by atoms with Gasteiger partial charge in [0.25, 0.3) is 0 Å². The molecule has 1 aliphatic carbocycles. The lowest BCUT2D eigenvalue weighted by Gasteiger charge is -2.17. The van der Waals surface area contributed by atoms with Crippen LogP contribution in [0.5, 0.6) is 0 Å². The molecule has 2 aromatic carbocycles. The molecule has 3 rings (SSSR count). The highest BCUT2D eigenvalue weighted by molar-refractivity contribution is 5.87. The minimum atomic E-state index is 0.205. The summed E-state index contributed by atoms with van der Waals surface area (Å²) in [6.07, 6.45) is 1.28. The molecule has 0 radical (unpaired) electrons. The zero-order valence-electron chi connectivity index (χ0n) is 10.5. The van der Waals surface area contributed by atoms with Gasteiger partial charge in [-0.3, -0.25) is 0 Å². The Morgan fingerprint density at radius 3 is 2.59 bits per heavy atom. The third-order valence-electron chi connectivity index (χ3n) is 4.16. The molecule has 1 nitrogen and oxygen atoms in total. The molecule has 17 heavy (non-hydrogen) atoms. The zero-order chi connectivity index (χ0) is 12.0. The van der Waals surface area contributed by atoms with E-state index in [4.69, 9.17) is 5.73 Å². The van der Waals surface area contributed by atoms with Crippen molar-refractivity contribution in [2.45, 2.75) is 26.3 Å². The first-order valence-corrected chi connectivity index (χ1v) is 6.42. The molecule has 0 amide bonds. The fourth-order valence-electron chi connectivity index (χ4n) is 2.91. The van der Waals surface area contributed by atoms with Gasteiger partial charge in [-0.1, -0.05) is 43.3 Å². The van der Waals surface area contributed by atoms with Crippen molar-refractivity contribution in [3.05, 3.63) is 47.5 Å². The molecule has 88 valence electrons. The average Bonchev–Trinajstić information content (AvgIpc) is 3.06. The van der Waals surface area contributed by atoms with Crippen molar-refractivity contribution in [2.24, 2.45) is 17.6 Å². The largest absolute Gasteiger partial charge is 0.324 e. The van der Waals surface area contributed by atoms with Crippen molar-refractivity contribution in [2.75, 3.05) is 0 Å². The van der Waals surface area contributed by atoms with Gasteiger partial charge in [0.1, 0.15) is 0 Å². The van der Waals surface area contributed by atoms with Crippen molar-refractivity contribution in [1.29, 1.82) is 0 Å². The third kappa shape index (κ3) is 1.75. The van der Waals surface area contributed by atoms with E-state index >= 15 is 0 Å². The second kappa shape index (κ2) is 3.85. The van der Waals surface area contributed by atoms with E-state index in [1.54, 1.807) is 0 Å². The van der Waals surface area contributed by atoms with E-state index in [0.717, 1.165) is 5.92 Å². The summed E-state index contributed by atoms with van der Waals surface area (Å²) in [4.78, 5) is 0. The van der Waals surface area contributed by atoms with Gasteiger partial charge >= 0.3 is 0 Å². The molecule has 0 bridgehead atoms. The number of aryl methyl sites for hydroxylation is 1. The molecule has 0 spiro atoms. The Morgan fingerprint density at radius 2 is 1.88 bits per heavy atom. The van der Waals surface area contributed by atoms with Crippen LogP contribution in [-0.4, -0.2) is 0 Å². The summed E-state index contributed by atoms with van der Waals surface area (Å²) >= 11 is 0. The zero-order valence-corrected chi connectivity index (χ0v) is 10.5. The number of hydrogen-bond donors (Lipinski definition) is 1. The van der Waals surface area contributed by atoms with Gasteiger partial charge in [-0.15, -0.1) is 0 Å². The van der Waals surface area contributed by atoms with Gasteiger partial charge < -0.3 is 5.73 Å². The maximum absolute atomic E-state index is 6.46. The molecule has 3 atom stereocenters. The van der Waals surface area contributed by atoms with Crippen LogP contribution >= 0.6 is 0 Å². The highest BCUT2D eigenvalue weighted by atomic mass is 14.7. The molecule has 2 aromatic rings. The normalized spacial score (nSPS) is 24.9. The Bertz CT molecular complexity index is 558. The molecule has 0 heterocycles. The van der Waals surface area contributed by atoms with Crippen LogP contribution in [0.1, 0.15) is 30.5 Å². The summed E-state index contributed by atoms with van der Waals surface area (Å²) in [6.45, 7) is 4.47. The van der Waals surface area contributed by atoms with E-state index in [-0.39, 0.29) is 6.04 Å². The molecule has 0 aromatic heterocycles. The lowest BCUT2D eigenvalue weighted by molar-refractivity contribution is 0.594. The van der Waals surface area contributed by atoms with Crippen molar-refractivity contribution >= 4 is 10.8 Å². The average molecular weight is 225 g/mol. The maximum Gasteiger partial charge on any atom is 0.0335 e. The number of hydrogen-bond acceptors (Lipinski definition) is 1. The molecule has 0 saturated heterocycles. The van der Waals surface area contributed by atoms with Crippen molar-refractivity contribution < 1.29 is 0 Å². The van der Waals surface area contributed by atoms with Gasteiger partial charge in [-0.2, -0.15) is 0 Å². The van der Waals surface area contributed by atoms with Gasteiger partial charge in [-0.25, -0.2) is 0 Å². The molecule has 1 fully saturated rings. The number of fused-ring (bicyclic) bond motifs is 1. The van der Waals surface area contributed by atoms with Crippen LogP contribution in [0.15, 0.2) is 36.4 Å². The minimum Gasteiger partial charge on any atom is -0.324 e. The molecule has 2 N–H and O–H groups in total. The minimum absolute atomic E-state index is 0.205. The molecular formula is C16H19N. The first-order valence-electron chi connectivity index (χ1n) is 6.42. The van der Waals surface area contributed by atoms with E-state index in [9.17, 15) is 0 Å². The third-order valence-corrected chi connectivity index (χ3v) is 4.16. The molecule has 1 saturated carbocycles. The van der Waals surface area contributed by atoms with Gasteiger partial charge in [0.15, 0.2) is 0 Å². The van der Waals surface area contributed by atoms with Crippen LogP contribution in [0, 0.1) is 18.8 Å². The molecule has 1 heteroatoms. The summed E-state index contributed by atoms with van der Waals surface area (Å²) in [5.41, 5.74) is 9.15. The summed E-state index contributed by atoms with van der Waals surface area (Å²) in [5, 5.41) is 2.64. The van der Waals surface area contributed by atoms with E-state index in [0.29, 0.717) is 5.92 Å². The van der Waals surface area contributed by atoms with E-state index < -0.39 is 0 Å². The predicted molar refractivity (Wildman–Crippen MR) is 72.9 cm³/mol. The highest BCUT2D eigenvalue weighted by Crippen LogP contribution is 2.47. The Balaban J connectivity index is 2.16. The summed E-state index contributed by atoms with van der Waals surface area (Å²) in [7, 11) is 0. The van der Waals surface area contributed by atoms with Gasteiger partial charge in [-0.05, 0) is 47.1 Å². The molecular weight excluding hydrogens is 206 g/mol. The first kappa shape index (κ1) is 10.8. The molecule has 0 aliphatic heterocycles. The SMILES string of the molecule is Cc1ccc2ccccc2c1C(N)C1CC1C. The second-order valence-electron chi connectivity index (χ2n) is 5.42. The van der Waals surface area contributed by atoms with Crippen LogP contribution < -0.4 is 5.73 Å². The number of rotatable bonds is 2. The lowest BCUT2D eigenvalue weighted by Crippen LogP contribution is -2.15. The van der Waals surface area contributed by atoms with Crippen molar-refractivity contribution in [3.8, 4) is 0 Å². The Labute approximate surface area is 103 Å². The van der Waals surface area contributed by atoms with Crippen LogP contribution in [0.25, 0.3) is 10.8 Å². The monoisotopic (exact) mass is 225 g/mol. The van der Waals surface area contributed by atoms with Crippen LogP contribution in [0.4, 0.5) is 0 Å². The summed E-state index contributed by atoms with van der Waals surface area (Å²) < 4.78 is 0. The Morgan fingerprint density at radius 1 is 1.18 bits per heavy atom. The van der Waals surface area contributed by atoms with E-state index in [2.05, 4.69) is 50.2 Å². The van der Waals surface area contributed by atoms with Gasteiger partial charge in [0.2, 0.25) is 0 Å². The van der Waals surface area contributed by atoms with Crippen LogP contribution in [0.3, 0.4) is 0 Å². The van der Waals surface area contributed by atoms with Crippen molar-refractivity contribution in [1.82, 2.24) is 0 Å². The van der Waals surface area contributed by atoms with Crippen LogP contribution in [-0.2, 0) is 0 Å². The lowest BCUT2D eigenvalue weighted by atomic mass is 9.92. The number of benzene rings is 2. The molecule has 1 aliphatic rings. The number of nitrogens with two attached hydrogens (primary N) is 1. The van der Waals surface area contributed by atoms with E-state index in [1.165, 1.54) is 28.3 Å². The smallest absolute Gasteiger partial charge is 0.0335 e. The van der Waals surface area contributed by atoms with Gasteiger partial charge in [0, 0.05) is 6.04 Å². The topological polar surface area (TPSA) is 26.0 Å². The summed E-state index contributed by atoms with van der Waals surface area (Å²) in [6, 6.07) is 13.2. The maximum atomic E-state index is 6.46. The van der Waals surface area contributed by atoms with Gasteiger partial charge in [0.05, 0.1) is 0 Å². The fourth-order valence-corrected chi connectivity index (χ4v) is 2.91. The Hall–Kier alpha value is -1.34. The Kier molecular flexibility index (Phi) is 2.44. The van der Waals surface area contributed by atoms with Crippen molar-refractivity contribution in [3.63, 3.8) is 0 Å².